The molecule has 0 bridgehead atoms. The molecule has 3 N–H and O–H groups in total. The molecule has 11 nitrogen and oxygen atoms in total. The van der Waals surface area contributed by atoms with Gasteiger partial charge in [0.05, 0.1) is 22.4 Å². The highest BCUT2D eigenvalue weighted by molar-refractivity contribution is 6.04. The summed E-state index contributed by atoms with van der Waals surface area (Å²) in [6, 6.07) is 12.0. The Morgan fingerprint density at radius 3 is 2.57 bits per heavy atom. The van der Waals surface area contributed by atoms with E-state index in [1.807, 2.05) is 20.8 Å². The first-order valence-corrected chi connectivity index (χ1v) is 11.2. The number of pyridine rings is 2. The number of halogens is 1. The van der Waals surface area contributed by atoms with Gasteiger partial charge in [-0.25, -0.2) is 14.1 Å². The van der Waals surface area contributed by atoms with E-state index in [-0.39, 0.29) is 29.3 Å². The standard InChI is InChI=1S/C25H24FN7O4/c1-25(2,3)32-24(30-20-6-4-5-11-28-20)21(23(27)34)22(31-32)15-7-10-18(33(35)36)19(12-15)37-14-17-9-8-16(26)13-29-17/h4-13H,14H2,1-3H3,(H2,27,34)(H,28,30). The number of aromatic nitrogens is 4. The average molecular weight is 506 g/mol. The van der Waals surface area contributed by atoms with Crippen LogP contribution in [0.1, 0.15) is 36.8 Å². The van der Waals surface area contributed by atoms with Crippen LogP contribution in [0, 0.1) is 15.9 Å². The van der Waals surface area contributed by atoms with Crippen molar-refractivity contribution in [3.63, 3.8) is 0 Å². The molecule has 0 spiro atoms. The maximum atomic E-state index is 13.2. The number of anilines is 2. The average Bonchev–Trinajstić information content (AvgIpc) is 3.24. The van der Waals surface area contributed by atoms with E-state index in [4.69, 9.17) is 10.5 Å². The van der Waals surface area contributed by atoms with E-state index in [2.05, 4.69) is 20.4 Å². The van der Waals surface area contributed by atoms with Crippen molar-refractivity contribution < 1.29 is 18.8 Å². The number of hydrogen-bond donors (Lipinski definition) is 2. The van der Waals surface area contributed by atoms with Crippen LogP contribution in [0.2, 0.25) is 0 Å². The van der Waals surface area contributed by atoms with Crippen LogP contribution in [0.3, 0.4) is 0 Å². The van der Waals surface area contributed by atoms with Gasteiger partial charge in [-0.3, -0.25) is 19.9 Å². The first-order chi connectivity index (χ1) is 17.5. The van der Waals surface area contributed by atoms with Crippen LogP contribution in [-0.2, 0) is 12.1 Å². The van der Waals surface area contributed by atoms with Gasteiger partial charge in [0.2, 0.25) is 0 Å². The van der Waals surface area contributed by atoms with Crippen molar-refractivity contribution in [1.82, 2.24) is 19.7 Å². The number of benzene rings is 1. The van der Waals surface area contributed by atoms with E-state index in [0.29, 0.717) is 22.9 Å². The fourth-order valence-corrected chi connectivity index (χ4v) is 3.58. The molecule has 4 rings (SSSR count). The lowest BCUT2D eigenvalue weighted by Gasteiger charge is -2.23. The van der Waals surface area contributed by atoms with Gasteiger partial charge in [-0.2, -0.15) is 5.10 Å². The number of nitro benzene ring substituents is 1. The minimum absolute atomic E-state index is 0.0754. The van der Waals surface area contributed by atoms with E-state index in [0.717, 1.165) is 6.20 Å². The van der Waals surface area contributed by atoms with Gasteiger partial charge in [0.25, 0.3) is 5.91 Å². The van der Waals surface area contributed by atoms with E-state index >= 15 is 0 Å². The highest BCUT2D eigenvalue weighted by Crippen LogP contribution is 2.38. The fraction of sp³-hybridized carbons (Fsp3) is 0.200. The SMILES string of the molecule is CC(C)(C)n1nc(-c2ccc([N+](=O)[O-])c(OCc3ccc(F)cn3)c2)c(C(N)=O)c1Nc1ccccn1. The van der Waals surface area contributed by atoms with Crippen LogP contribution in [0.25, 0.3) is 11.3 Å². The molecule has 0 saturated carbocycles. The molecule has 0 radical (unpaired) electrons. The molecule has 0 aliphatic carbocycles. The maximum absolute atomic E-state index is 13.2. The first kappa shape index (κ1) is 25.2. The summed E-state index contributed by atoms with van der Waals surface area (Å²) in [5.74, 6) is -0.541. The zero-order valence-electron chi connectivity index (χ0n) is 20.3. The molecule has 0 fully saturated rings. The van der Waals surface area contributed by atoms with Crippen molar-refractivity contribution in [3.05, 3.63) is 88.1 Å². The molecule has 4 aromatic rings. The predicted molar refractivity (Wildman–Crippen MR) is 134 cm³/mol. The molecule has 190 valence electrons. The molecule has 0 unspecified atom stereocenters. The van der Waals surface area contributed by atoms with Gasteiger partial charge < -0.3 is 15.8 Å². The van der Waals surface area contributed by atoms with Crippen molar-refractivity contribution in [2.75, 3.05) is 5.32 Å². The Morgan fingerprint density at radius 2 is 1.97 bits per heavy atom. The summed E-state index contributed by atoms with van der Waals surface area (Å²) in [7, 11) is 0. The Hall–Kier alpha value is -4.87. The Labute approximate surface area is 211 Å². The molecular formula is C25H24FN7O4. The lowest BCUT2D eigenvalue weighted by molar-refractivity contribution is -0.385. The van der Waals surface area contributed by atoms with Gasteiger partial charge in [-0.15, -0.1) is 0 Å². The molecule has 3 heterocycles. The zero-order chi connectivity index (χ0) is 26.7. The largest absolute Gasteiger partial charge is 0.480 e. The van der Waals surface area contributed by atoms with Crippen LogP contribution >= 0.6 is 0 Å². The van der Waals surface area contributed by atoms with Crippen LogP contribution in [0.5, 0.6) is 5.75 Å². The number of rotatable bonds is 8. The lowest BCUT2D eigenvalue weighted by atomic mass is 10.1. The highest BCUT2D eigenvalue weighted by Gasteiger charge is 2.30. The van der Waals surface area contributed by atoms with Crippen molar-refractivity contribution in [2.24, 2.45) is 5.73 Å². The smallest absolute Gasteiger partial charge is 0.310 e. The molecular weight excluding hydrogens is 481 g/mol. The Bertz CT molecular complexity index is 1450. The Morgan fingerprint density at radius 1 is 1.19 bits per heavy atom. The quantitative estimate of drug-likeness (QED) is 0.261. The van der Waals surface area contributed by atoms with Gasteiger partial charge in [0, 0.05) is 17.8 Å². The first-order valence-electron chi connectivity index (χ1n) is 11.2. The minimum Gasteiger partial charge on any atom is -0.480 e. The summed E-state index contributed by atoms with van der Waals surface area (Å²) in [5.41, 5.74) is 5.96. The van der Waals surface area contributed by atoms with Crippen molar-refractivity contribution >= 4 is 23.2 Å². The number of carbonyl (C=O) groups excluding carboxylic acids is 1. The molecule has 0 aliphatic rings. The molecule has 3 aromatic heterocycles. The van der Waals surface area contributed by atoms with Crippen LogP contribution < -0.4 is 15.8 Å². The van der Waals surface area contributed by atoms with E-state index < -0.39 is 22.2 Å². The van der Waals surface area contributed by atoms with Crippen LogP contribution in [0.15, 0.2) is 60.9 Å². The second kappa shape index (κ2) is 10.0. The summed E-state index contributed by atoms with van der Waals surface area (Å²) >= 11 is 0. The maximum Gasteiger partial charge on any atom is 0.310 e. The monoisotopic (exact) mass is 505 g/mol. The topological polar surface area (TPSA) is 151 Å². The van der Waals surface area contributed by atoms with Gasteiger partial charge in [0.15, 0.2) is 5.75 Å². The van der Waals surface area contributed by atoms with E-state index in [9.17, 15) is 19.3 Å². The van der Waals surface area contributed by atoms with Crippen molar-refractivity contribution in [2.45, 2.75) is 32.9 Å². The molecule has 1 aromatic carbocycles. The van der Waals surface area contributed by atoms with Gasteiger partial charge in [-0.05, 0) is 57.2 Å². The van der Waals surface area contributed by atoms with Gasteiger partial charge in [-0.1, -0.05) is 6.07 Å². The Kier molecular flexibility index (Phi) is 6.83. The summed E-state index contributed by atoms with van der Waals surface area (Å²) in [6.45, 7) is 5.56. The summed E-state index contributed by atoms with van der Waals surface area (Å²) in [5, 5.41) is 19.4. The molecule has 0 aliphatic heterocycles. The number of nitrogens with two attached hydrogens (primary N) is 1. The fourth-order valence-electron chi connectivity index (χ4n) is 3.58. The third kappa shape index (κ3) is 5.53. The predicted octanol–water partition coefficient (Wildman–Crippen LogP) is 4.56. The molecule has 12 heteroatoms. The number of nitro groups is 1. The number of ether oxygens (including phenoxy) is 1. The van der Waals surface area contributed by atoms with Crippen molar-refractivity contribution in [3.8, 4) is 17.0 Å². The van der Waals surface area contributed by atoms with Crippen molar-refractivity contribution in [1.29, 1.82) is 0 Å². The third-order valence-corrected chi connectivity index (χ3v) is 5.27. The zero-order valence-corrected chi connectivity index (χ0v) is 20.3. The molecule has 1 amide bonds. The third-order valence-electron chi connectivity index (χ3n) is 5.27. The molecule has 0 atom stereocenters. The highest BCUT2D eigenvalue weighted by atomic mass is 19.1. The lowest BCUT2D eigenvalue weighted by Crippen LogP contribution is -2.25. The number of nitrogens with zero attached hydrogens (tertiary/aromatic N) is 5. The molecule has 37 heavy (non-hydrogen) atoms. The second-order valence-electron chi connectivity index (χ2n) is 9.06. The Balaban J connectivity index is 1.82. The van der Waals surface area contributed by atoms with Crippen LogP contribution in [0.4, 0.5) is 21.7 Å². The number of amides is 1. The minimum atomic E-state index is -0.750. The van der Waals surface area contributed by atoms with Gasteiger partial charge in [0.1, 0.15) is 35.3 Å². The summed E-state index contributed by atoms with van der Waals surface area (Å²) < 4.78 is 20.5. The number of carbonyl (C=O) groups is 1. The van der Waals surface area contributed by atoms with Crippen LogP contribution in [-0.4, -0.2) is 30.6 Å². The summed E-state index contributed by atoms with van der Waals surface area (Å²) in [4.78, 5) is 31.9. The van der Waals surface area contributed by atoms with E-state index in [1.165, 1.54) is 30.3 Å². The number of primary amides is 1. The summed E-state index contributed by atoms with van der Waals surface area (Å²) in [6.07, 6.45) is 2.62. The molecule has 0 saturated heterocycles. The normalized spacial score (nSPS) is 11.2. The number of hydrogen-bond acceptors (Lipinski definition) is 8. The van der Waals surface area contributed by atoms with Gasteiger partial charge >= 0.3 is 5.69 Å². The number of nitrogens with one attached hydrogen (secondary N) is 1. The second-order valence-corrected chi connectivity index (χ2v) is 9.06. The van der Waals surface area contributed by atoms with E-state index in [1.54, 1.807) is 29.1 Å².